The Balaban J connectivity index is 0.000000218. The number of carbonyl (C=O) groups is 1. The van der Waals surface area contributed by atoms with E-state index in [9.17, 15) is 33.6 Å². The van der Waals surface area contributed by atoms with E-state index in [2.05, 4.69) is 27.7 Å². The molecule has 0 atom stereocenters. The number of esters is 1. The van der Waals surface area contributed by atoms with E-state index in [1.165, 1.54) is 67.4 Å². The number of phenols is 4. The van der Waals surface area contributed by atoms with Crippen molar-refractivity contribution in [3.8, 4) is 34.5 Å². The topological polar surface area (TPSA) is 160 Å². The summed E-state index contributed by atoms with van der Waals surface area (Å²) in [4.78, 5) is 12.6. The van der Waals surface area contributed by atoms with Gasteiger partial charge in [0.15, 0.2) is 11.2 Å². The molecular formula is C49H54O10S. The quantitative estimate of drug-likeness (QED) is 0.0976. The van der Waals surface area contributed by atoms with Crippen LogP contribution >= 0.6 is 0 Å². The van der Waals surface area contributed by atoms with Gasteiger partial charge in [-0.1, -0.05) is 129 Å². The Morgan fingerprint density at radius 2 is 0.900 bits per heavy atom. The summed E-state index contributed by atoms with van der Waals surface area (Å²) in [5.74, 6) is 0.545. The molecule has 316 valence electrons. The monoisotopic (exact) mass is 834 g/mol. The summed E-state index contributed by atoms with van der Waals surface area (Å²) in [6, 6.07) is 35.6. The van der Waals surface area contributed by atoms with Crippen LogP contribution < -0.4 is 4.74 Å². The second kappa shape index (κ2) is 20.1. The van der Waals surface area contributed by atoms with Gasteiger partial charge in [-0.05, 0) is 71.8 Å². The van der Waals surface area contributed by atoms with Crippen molar-refractivity contribution in [3.05, 3.63) is 172 Å². The minimum absolute atomic E-state index is 0.0371. The summed E-state index contributed by atoms with van der Waals surface area (Å²) < 4.78 is 42.7. The fraction of sp³-hybridized carbons (Fsp3) is 0.245. The molecule has 10 nitrogen and oxygen atoms in total. The van der Waals surface area contributed by atoms with E-state index in [1.54, 1.807) is 66.7 Å². The maximum atomic E-state index is 12.6. The Kier molecular flexibility index (Phi) is 15.5. The highest BCUT2D eigenvalue weighted by molar-refractivity contribution is 7.87. The lowest BCUT2D eigenvalue weighted by Crippen LogP contribution is -2.32. The van der Waals surface area contributed by atoms with E-state index in [-0.39, 0.29) is 27.9 Å². The molecule has 11 heteroatoms. The zero-order valence-electron chi connectivity index (χ0n) is 35.3. The number of fused-ring (bicyclic) bond motifs is 7. The number of phenolic OH excluding ortho intramolecular Hbond substituents is 4. The van der Waals surface area contributed by atoms with E-state index < -0.39 is 27.3 Å². The van der Waals surface area contributed by atoms with Gasteiger partial charge in [0.25, 0.3) is 10.1 Å². The van der Waals surface area contributed by atoms with Crippen LogP contribution in [0.15, 0.2) is 138 Å². The highest BCUT2D eigenvalue weighted by atomic mass is 32.2. The second-order valence-corrected chi connectivity index (χ2v) is 14.8. The number of rotatable bonds is 2. The predicted molar refractivity (Wildman–Crippen MR) is 233 cm³/mol. The number of aromatic hydroxyl groups is 4. The van der Waals surface area contributed by atoms with Crippen LogP contribution in [0, 0.1) is 0 Å². The molecule has 0 aromatic heterocycles. The lowest BCUT2D eigenvalue weighted by Gasteiger charge is -2.36. The normalized spacial score (nSPS) is 14.5. The lowest BCUT2D eigenvalue weighted by atomic mass is 9.77. The molecule has 0 radical (unpaired) electrons. The standard InChI is InChI=1S/C20H12O5.C19H14O5S.2C3H8.2C2H6/c21-11-5-7-15-17(9-11)24-18-10-12(22)6-8-16(18)20(15)14-4-2-1-3-13(14)19(23)25-20;20-15-9-5-13(6-10-15)19(14-7-11-16(21)12-8-14)17-3-1-2-4-18(17)25(22,23)24-19;2*1-3-2;2*1-2/h1-10,21-22H;1-12,20-21H;2*3H2,1-2H3;2*1-2H3. The largest absolute Gasteiger partial charge is 0.508 e. The van der Waals surface area contributed by atoms with Crippen molar-refractivity contribution in [2.24, 2.45) is 0 Å². The van der Waals surface area contributed by atoms with Gasteiger partial charge in [-0.15, -0.1) is 0 Å². The Hall–Kier alpha value is -6.30. The first-order valence-corrected chi connectivity index (χ1v) is 21.6. The van der Waals surface area contributed by atoms with Crippen LogP contribution in [0.4, 0.5) is 0 Å². The van der Waals surface area contributed by atoms with Crippen molar-refractivity contribution >= 4 is 16.1 Å². The van der Waals surface area contributed by atoms with E-state index in [4.69, 9.17) is 13.7 Å². The molecule has 6 aromatic rings. The first-order valence-electron chi connectivity index (χ1n) is 20.2. The van der Waals surface area contributed by atoms with E-state index >= 15 is 0 Å². The molecule has 0 saturated heterocycles. The molecule has 4 N–H and O–H groups in total. The predicted octanol–water partition coefficient (Wildman–Crippen LogP) is 11.7. The van der Waals surface area contributed by atoms with Gasteiger partial charge in [-0.2, -0.15) is 8.42 Å². The molecule has 0 amide bonds. The summed E-state index contributed by atoms with van der Waals surface area (Å²) in [6.07, 6.45) is 2.50. The molecule has 9 rings (SSSR count). The molecule has 3 aliphatic heterocycles. The van der Waals surface area contributed by atoms with Gasteiger partial charge < -0.3 is 29.9 Å². The van der Waals surface area contributed by atoms with Crippen molar-refractivity contribution in [1.82, 2.24) is 0 Å². The van der Waals surface area contributed by atoms with Crippen molar-refractivity contribution in [2.45, 2.75) is 84.3 Å². The highest BCUT2D eigenvalue weighted by Gasteiger charge is 2.54. The number of hydrogen-bond acceptors (Lipinski definition) is 10. The van der Waals surface area contributed by atoms with Gasteiger partial charge in [0.2, 0.25) is 0 Å². The van der Waals surface area contributed by atoms with Crippen LogP contribution in [-0.4, -0.2) is 34.8 Å². The Morgan fingerprint density at radius 3 is 1.37 bits per heavy atom. The third-order valence-electron chi connectivity index (χ3n) is 9.00. The molecule has 0 bridgehead atoms. The van der Waals surface area contributed by atoms with Gasteiger partial charge in [0.1, 0.15) is 39.4 Å². The molecule has 6 aromatic carbocycles. The Morgan fingerprint density at radius 1 is 0.500 bits per heavy atom. The van der Waals surface area contributed by atoms with Crippen LogP contribution in [0.1, 0.15) is 112 Å². The van der Waals surface area contributed by atoms with Crippen molar-refractivity contribution in [2.75, 3.05) is 0 Å². The van der Waals surface area contributed by atoms with Crippen LogP contribution in [0.2, 0.25) is 0 Å². The summed E-state index contributed by atoms with van der Waals surface area (Å²) in [5, 5.41) is 38.9. The molecule has 3 aliphatic rings. The minimum Gasteiger partial charge on any atom is -0.508 e. The lowest BCUT2D eigenvalue weighted by molar-refractivity contribution is 0.0224. The van der Waals surface area contributed by atoms with Gasteiger partial charge >= 0.3 is 5.97 Å². The van der Waals surface area contributed by atoms with Gasteiger partial charge in [-0.3, -0.25) is 0 Å². The molecular weight excluding hydrogens is 781 g/mol. The molecule has 0 fully saturated rings. The first-order chi connectivity index (χ1) is 28.9. The Labute approximate surface area is 353 Å². The molecule has 0 saturated carbocycles. The van der Waals surface area contributed by atoms with Crippen molar-refractivity contribution in [3.63, 3.8) is 0 Å². The van der Waals surface area contributed by atoms with E-state index in [0.717, 1.165) is 0 Å². The van der Waals surface area contributed by atoms with Gasteiger partial charge in [0, 0.05) is 34.4 Å². The summed E-state index contributed by atoms with van der Waals surface area (Å²) >= 11 is 0. The molecule has 3 heterocycles. The van der Waals surface area contributed by atoms with E-state index in [0.29, 0.717) is 50.4 Å². The summed E-state index contributed by atoms with van der Waals surface area (Å²) in [6.45, 7) is 16.5. The van der Waals surface area contributed by atoms with Crippen molar-refractivity contribution in [1.29, 1.82) is 0 Å². The Bertz CT molecular complexity index is 2380. The van der Waals surface area contributed by atoms with Crippen LogP contribution in [-0.2, 0) is 30.2 Å². The molecule has 0 aliphatic carbocycles. The number of ether oxygens (including phenoxy) is 2. The average Bonchev–Trinajstić information content (AvgIpc) is 3.68. The fourth-order valence-corrected chi connectivity index (χ4v) is 8.28. The zero-order valence-corrected chi connectivity index (χ0v) is 36.1. The minimum atomic E-state index is -3.95. The van der Waals surface area contributed by atoms with Crippen LogP contribution in [0.3, 0.4) is 0 Å². The number of hydrogen-bond donors (Lipinski definition) is 4. The molecule has 60 heavy (non-hydrogen) atoms. The average molecular weight is 835 g/mol. The second-order valence-electron chi connectivity index (χ2n) is 13.3. The fourth-order valence-electron chi connectivity index (χ4n) is 6.85. The number of benzene rings is 6. The maximum absolute atomic E-state index is 12.6. The highest BCUT2D eigenvalue weighted by Crippen LogP contribution is 2.57. The summed E-state index contributed by atoms with van der Waals surface area (Å²) in [7, 11) is -3.95. The smallest absolute Gasteiger partial charge is 0.340 e. The summed E-state index contributed by atoms with van der Waals surface area (Å²) in [5.41, 5.74) is 1.52. The third kappa shape index (κ3) is 8.83. The van der Waals surface area contributed by atoms with Gasteiger partial charge in [-0.25, -0.2) is 8.98 Å². The first kappa shape index (κ1) is 46.4. The van der Waals surface area contributed by atoms with E-state index in [1.807, 2.05) is 39.8 Å². The number of carbonyl (C=O) groups excluding carboxylic acids is 1. The van der Waals surface area contributed by atoms with Gasteiger partial charge in [0.05, 0.1) is 5.56 Å². The third-order valence-corrected chi connectivity index (χ3v) is 10.4. The van der Waals surface area contributed by atoms with Crippen LogP contribution in [0.5, 0.6) is 34.5 Å². The molecule has 0 unspecified atom stereocenters. The maximum Gasteiger partial charge on any atom is 0.340 e. The SMILES string of the molecule is CC.CC.CCC.CCC.O=C1OC2(c3ccc(O)cc3Oc3cc(O)ccc32)c2ccccc21.O=S1(=O)OC(c2ccc(O)cc2)(c2ccc(O)cc2)c2ccccc21. The van der Waals surface area contributed by atoms with Crippen LogP contribution in [0.25, 0.3) is 0 Å². The zero-order chi connectivity index (χ0) is 44.3. The van der Waals surface area contributed by atoms with Crippen molar-refractivity contribution < 1.29 is 47.3 Å². The molecule has 1 spiro atoms.